The van der Waals surface area contributed by atoms with E-state index in [1.807, 2.05) is 25.7 Å². The van der Waals surface area contributed by atoms with E-state index in [0.717, 1.165) is 24.4 Å². The highest BCUT2D eigenvalue weighted by atomic mass is 15.3. The summed E-state index contributed by atoms with van der Waals surface area (Å²) in [5, 5.41) is 12.5. The van der Waals surface area contributed by atoms with Gasteiger partial charge in [-0.1, -0.05) is 0 Å². The lowest BCUT2D eigenvalue weighted by Gasteiger charge is -2.17. The summed E-state index contributed by atoms with van der Waals surface area (Å²) in [6.07, 6.45) is 0.929. The lowest BCUT2D eigenvalue weighted by Crippen LogP contribution is -2.22. The molecule has 0 aromatic carbocycles. The molecule has 20 heavy (non-hydrogen) atoms. The van der Waals surface area contributed by atoms with Crippen LogP contribution < -0.4 is 5.32 Å². The Labute approximate surface area is 121 Å². The Balaban J connectivity index is 2.33. The second kappa shape index (κ2) is 5.79. The first kappa shape index (κ1) is 14.8. The minimum atomic E-state index is 0.269. The molecule has 2 rings (SSSR count). The summed E-state index contributed by atoms with van der Waals surface area (Å²) in [6, 6.07) is 2.44. The van der Waals surface area contributed by atoms with Crippen LogP contribution in [-0.2, 0) is 20.0 Å². The van der Waals surface area contributed by atoms with Crippen LogP contribution in [0.15, 0.2) is 6.07 Å². The average molecular weight is 275 g/mol. The molecule has 0 aliphatic heterocycles. The summed E-state index contributed by atoms with van der Waals surface area (Å²) in [7, 11) is 4.01. The zero-order chi connectivity index (χ0) is 14.9. The van der Waals surface area contributed by atoms with Gasteiger partial charge in [-0.25, -0.2) is 0 Å². The van der Waals surface area contributed by atoms with E-state index in [0.29, 0.717) is 0 Å². The van der Waals surface area contributed by atoms with Gasteiger partial charge in [0.2, 0.25) is 0 Å². The molecule has 0 fully saturated rings. The smallest absolute Gasteiger partial charge is 0.0644 e. The topological polar surface area (TPSA) is 47.7 Å². The van der Waals surface area contributed by atoms with Gasteiger partial charge in [-0.05, 0) is 40.8 Å². The van der Waals surface area contributed by atoms with E-state index in [-0.39, 0.29) is 6.04 Å². The monoisotopic (exact) mass is 275 g/mol. The predicted molar refractivity (Wildman–Crippen MR) is 80.8 cm³/mol. The molecule has 2 heterocycles. The number of aryl methyl sites for hydroxylation is 4. The van der Waals surface area contributed by atoms with Crippen LogP contribution in [0.25, 0.3) is 0 Å². The maximum atomic E-state index is 4.53. The average Bonchev–Trinajstić information content (AvgIpc) is 2.88. The van der Waals surface area contributed by atoms with Gasteiger partial charge in [0, 0.05) is 43.0 Å². The van der Waals surface area contributed by atoms with E-state index < -0.39 is 0 Å². The normalized spacial score (nSPS) is 12.9. The Hall–Kier alpha value is -1.62. The Morgan fingerprint density at radius 1 is 1.25 bits per heavy atom. The molecule has 0 saturated heterocycles. The molecule has 0 saturated carbocycles. The summed E-state index contributed by atoms with van der Waals surface area (Å²) < 4.78 is 4.04. The molecule has 1 unspecified atom stereocenters. The van der Waals surface area contributed by atoms with Crippen LogP contribution in [0.5, 0.6) is 0 Å². The van der Waals surface area contributed by atoms with E-state index in [9.17, 15) is 0 Å². The maximum Gasteiger partial charge on any atom is 0.0644 e. The van der Waals surface area contributed by atoms with E-state index in [4.69, 9.17) is 0 Å². The van der Waals surface area contributed by atoms with Gasteiger partial charge in [-0.15, -0.1) is 0 Å². The largest absolute Gasteiger partial charge is 0.313 e. The van der Waals surface area contributed by atoms with E-state index in [1.54, 1.807) is 0 Å². The molecule has 5 nitrogen and oxygen atoms in total. The third-order valence-corrected chi connectivity index (χ3v) is 3.96. The molecule has 0 aliphatic carbocycles. The Morgan fingerprint density at radius 3 is 2.45 bits per heavy atom. The highest BCUT2D eigenvalue weighted by Gasteiger charge is 2.20. The SMILES string of the molecule is CCn1nc(C)cc1CC(NC)c1c(C)nn(C)c1C. The lowest BCUT2D eigenvalue weighted by atomic mass is 10.00. The van der Waals surface area contributed by atoms with Crippen molar-refractivity contribution in [2.75, 3.05) is 7.05 Å². The zero-order valence-electron chi connectivity index (χ0n) is 13.4. The summed E-state index contributed by atoms with van der Waals surface area (Å²) in [6.45, 7) is 9.29. The molecule has 5 heteroatoms. The number of hydrogen-bond donors (Lipinski definition) is 1. The van der Waals surface area contributed by atoms with Crippen molar-refractivity contribution in [3.8, 4) is 0 Å². The summed E-state index contributed by atoms with van der Waals surface area (Å²) in [4.78, 5) is 0. The number of likely N-dealkylation sites (N-methyl/N-ethyl adjacent to an activating group) is 1. The summed E-state index contributed by atoms with van der Waals surface area (Å²) in [5.41, 5.74) is 5.98. The molecule has 2 aromatic heterocycles. The van der Waals surface area contributed by atoms with Crippen molar-refractivity contribution >= 4 is 0 Å². The van der Waals surface area contributed by atoms with Gasteiger partial charge in [-0.2, -0.15) is 10.2 Å². The Morgan fingerprint density at radius 2 is 1.95 bits per heavy atom. The molecular weight excluding hydrogens is 250 g/mol. The van der Waals surface area contributed by atoms with Crippen LogP contribution in [-0.4, -0.2) is 26.6 Å². The fourth-order valence-electron chi connectivity index (χ4n) is 2.89. The first-order valence-corrected chi connectivity index (χ1v) is 7.18. The second-order valence-electron chi connectivity index (χ2n) is 5.35. The first-order chi connectivity index (χ1) is 9.47. The number of hydrogen-bond acceptors (Lipinski definition) is 3. The van der Waals surface area contributed by atoms with Crippen molar-refractivity contribution in [1.29, 1.82) is 0 Å². The molecule has 1 N–H and O–H groups in total. The van der Waals surface area contributed by atoms with Gasteiger partial charge < -0.3 is 5.32 Å². The van der Waals surface area contributed by atoms with Gasteiger partial charge in [-0.3, -0.25) is 9.36 Å². The van der Waals surface area contributed by atoms with Gasteiger partial charge in [0.1, 0.15) is 0 Å². The Kier molecular flexibility index (Phi) is 4.28. The van der Waals surface area contributed by atoms with E-state index in [1.165, 1.54) is 17.0 Å². The molecule has 110 valence electrons. The molecule has 0 amide bonds. The number of nitrogens with zero attached hydrogens (tertiary/aromatic N) is 4. The predicted octanol–water partition coefficient (Wildman–Crippen LogP) is 2.06. The van der Waals surface area contributed by atoms with Gasteiger partial charge >= 0.3 is 0 Å². The van der Waals surface area contributed by atoms with E-state index in [2.05, 4.69) is 47.0 Å². The van der Waals surface area contributed by atoms with Crippen molar-refractivity contribution in [3.05, 3.63) is 34.4 Å². The summed E-state index contributed by atoms with van der Waals surface area (Å²) in [5.74, 6) is 0. The highest BCUT2D eigenvalue weighted by Crippen LogP contribution is 2.24. The molecule has 2 aromatic rings. The van der Waals surface area contributed by atoms with Crippen molar-refractivity contribution in [3.63, 3.8) is 0 Å². The van der Waals surface area contributed by atoms with Crippen molar-refractivity contribution in [2.24, 2.45) is 7.05 Å². The maximum absolute atomic E-state index is 4.53. The van der Waals surface area contributed by atoms with Crippen LogP contribution in [0.4, 0.5) is 0 Å². The number of rotatable bonds is 5. The minimum absolute atomic E-state index is 0.269. The van der Waals surface area contributed by atoms with Crippen LogP contribution >= 0.6 is 0 Å². The molecular formula is C15H25N5. The number of nitrogens with one attached hydrogen (secondary N) is 1. The summed E-state index contributed by atoms with van der Waals surface area (Å²) >= 11 is 0. The fraction of sp³-hybridized carbons (Fsp3) is 0.600. The van der Waals surface area contributed by atoms with Gasteiger partial charge in [0.25, 0.3) is 0 Å². The molecule has 0 spiro atoms. The van der Waals surface area contributed by atoms with Gasteiger partial charge in [0.15, 0.2) is 0 Å². The van der Waals surface area contributed by atoms with Crippen LogP contribution in [0.3, 0.4) is 0 Å². The van der Waals surface area contributed by atoms with Crippen molar-refractivity contribution in [2.45, 2.75) is 46.7 Å². The van der Waals surface area contributed by atoms with Gasteiger partial charge in [0.05, 0.1) is 11.4 Å². The molecule has 0 aliphatic rings. The Bertz CT molecular complexity index is 594. The van der Waals surface area contributed by atoms with Crippen LogP contribution in [0, 0.1) is 20.8 Å². The molecule has 0 bridgehead atoms. The second-order valence-corrected chi connectivity index (χ2v) is 5.35. The third kappa shape index (κ3) is 2.63. The van der Waals surface area contributed by atoms with Crippen LogP contribution in [0.1, 0.15) is 41.3 Å². The molecule has 1 atom stereocenters. The lowest BCUT2D eigenvalue weighted by molar-refractivity contribution is 0.537. The molecule has 0 radical (unpaired) electrons. The minimum Gasteiger partial charge on any atom is -0.313 e. The zero-order valence-corrected chi connectivity index (χ0v) is 13.4. The van der Waals surface area contributed by atoms with Crippen molar-refractivity contribution < 1.29 is 0 Å². The third-order valence-electron chi connectivity index (χ3n) is 3.96. The first-order valence-electron chi connectivity index (χ1n) is 7.18. The van der Waals surface area contributed by atoms with Crippen molar-refractivity contribution in [1.82, 2.24) is 24.9 Å². The number of aromatic nitrogens is 4. The highest BCUT2D eigenvalue weighted by molar-refractivity contribution is 5.29. The fourth-order valence-corrected chi connectivity index (χ4v) is 2.89. The standard InChI is InChI=1S/C15H25N5/c1-7-20-13(8-10(2)17-20)9-14(16-5)15-11(3)18-19(6)12(15)4/h8,14,16H,7,9H2,1-6H3. The van der Waals surface area contributed by atoms with E-state index >= 15 is 0 Å². The quantitative estimate of drug-likeness (QED) is 0.908. The van der Waals surface area contributed by atoms with Crippen LogP contribution in [0.2, 0.25) is 0 Å².